The Kier molecular flexibility index (Phi) is 4.99. The summed E-state index contributed by atoms with van der Waals surface area (Å²) < 4.78 is 21.8. The first-order chi connectivity index (χ1) is 14.3. The van der Waals surface area contributed by atoms with E-state index in [1.165, 1.54) is 11.1 Å². The minimum absolute atomic E-state index is 0.236. The van der Waals surface area contributed by atoms with E-state index in [2.05, 4.69) is 34.3 Å². The largest absolute Gasteiger partial charge is 0.454 e. The van der Waals surface area contributed by atoms with Crippen LogP contribution < -0.4 is 18.9 Å². The zero-order valence-corrected chi connectivity index (χ0v) is 16.1. The van der Waals surface area contributed by atoms with Crippen molar-refractivity contribution in [2.75, 3.05) is 39.8 Å². The van der Waals surface area contributed by atoms with Crippen molar-refractivity contribution < 1.29 is 23.7 Å². The van der Waals surface area contributed by atoms with Gasteiger partial charge in [0.2, 0.25) is 19.9 Å². The summed E-state index contributed by atoms with van der Waals surface area (Å²) in [6.07, 6.45) is 2.91. The third-order valence-electron chi connectivity index (χ3n) is 5.71. The highest BCUT2D eigenvalue weighted by atomic mass is 16.7. The second-order valence-corrected chi connectivity index (χ2v) is 7.58. The van der Waals surface area contributed by atoms with E-state index in [9.17, 15) is 4.79 Å². The number of hydrogen-bond donors (Lipinski definition) is 0. The van der Waals surface area contributed by atoms with Crippen molar-refractivity contribution in [1.29, 1.82) is 0 Å². The van der Waals surface area contributed by atoms with Crippen LogP contribution in [0.2, 0.25) is 0 Å². The molecule has 1 fully saturated rings. The lowest BCUT2D eigenvalue weighted by Crippen LogP contribution is -2.54. The number of nitrogens with zero attached hydrogens (tertiary/aromatic N) is 2. The SMILES string of the molecule is O=[C]CN1CCN(Cc2ccc3c(c2)OCO3)CC1Cc1ccc2c(c1)OCO2. The molecule has 0 aromatic heterocycles. The summed E-state index contributed by atoms with van der Waals surface area (Å²) in [6, 6.07) is 12.4. The fourth-order valence-corrected chi connectivity index (χ4v) is 4.22. The molecule has 151 valence electrons. The number of piperazine rings is 1. The van der Waals surface area contributed by atoms with Crippen LogP contribution in [0, 0.1) is 0 Å². The Labute approximate surface area is 169 Å². The molecule has 3 aliphatic heterocycles. The minimum Gasteiger partial charge on any atom is -0.454 e. The Morgan fingerprint density at radius 2 is 1.52 bits per heavy atom. The Morgan fingerprint density at radius 1 is 0.862 bits per heavy atom. The number of benzene rings is 2. The van der Waals surface area contributed by atoms with Gasteiger partial charge < -0.3 is 18.9 Å². The smallest absolute Gasteiger partial charge is 0.231 e. The predicted molar refractivity (Wildman–Crippen MR) is 105 cm³/mol. The van der Waals surface area contributed by atoms with Gasteiger partial charge in [-0.15, -0.1) is 0 Å². The number of fused-ring (bicyclic) bond motifs is 2. The Hall–Kier alpha value is -2.77. The van der Waals surface area contributed by atoms with Crippen LogP contribution in [0.4, 0.5) is 0 Å². The van der Waals surface area contributed by atoms with Gasteiger partial charge in [0.25, 0.3) is 0 Å². The van der Waals surface area contributed by atoms with Gasteiger partial charge in [0.05, 0.1) is 6.54 Å². The molecular formula is C22H23N2O5. The van der Waals surface area contributed by atoms with Crippen LogP contribution >= 0.6 is 0 Å². The summed E-state index contributed by atoms with van der Waals surface area (Å²) in [6.45, 7) is 4.38. The van der Waals surface area contributed by atoms with Crippen molar-refractivity contribution in [1.82, 2.24) is 9.80 Å². The van der Waals surface area contributed by atoms with Gasteiger partial charge in [-0.25, -0.2) is 0 Å². The molecule has 0 spiro atoms. The summed E-state index contributed by atoms with van der Waals surface area (Å²) in [4.78, 5) is 15.7. The topological polar surface area (TPSA) is 60.5 Å². The molecule has 29 heavy (non-hydrogen) atoms. The molecule has 1 radical (unpaired) electrons. The maximum atomic E-state index is 11.1. The Bertz CT molecular complexity index is 903. The predicted octanol–water partition coefficient (Wildman–Crippen LogP) is 1.98. The van der Waals surface area contributed by atoms with Crippen molar-refractivity contribution in [3.05, 3.63) is 47.5 Å². The van der Waals surface area contributed by atoms with E-state index in [0.29, 0.717) is 6.54 Å². The van der Waals surface area contributed by atoms with E-state index in [0.717, 1.165) is 55.6 Å². The standard InChI is InChI=1S/C22H23N2O5/c25-8-7-24-6-5-23(12-17-2-4-20-22(11-17)29-15-27-20)13-18(24)9-16-1-3-19-21(10-16)28-14-26-19/h1-4,10-11,18H,5-7,9,12-15H2. The number of rotatable bonds is 6. The molecule has 1 atom stereocenters. The molecule has 2 aromatic rings. The third kappa shape index (κ3) is 3.88. The van der Waals surface area contributed by atoms with Crippen LogP contribution in [0.3, 0.4) is 0 Å². The van der Waals surface area contributed by atoms with Crippen LogP contribution in [-0.2, 0) is 17.8 Å². The number of ether oxygens (including phenoxy) is 4. The average molecular weight is 395 g/mol. The van der Waals surface area contributed by atoms with E-state index in [-0.39, 0.29) is 19.6 Å². The normalized spacial score (nSPS) is 20.8. The molecule has 0 saturated carbocycles. The van der Waals surface area contributed by atoms with E-state index in [4.69, 9.17) is 18.9 Å². The van der Waals surface area contributed by atoms with Gasteiger partial charge >= 0.3 is 0 Å². The molecule has 0 aliphatic carbocycles. The zero-order chi connectivity index (χ0) is 19.6. The van der Waals surface area contributed by atoms with Crippen LogP contribution in [-0.4, -0.2) is 61.9 Å². The van der Waals surface area contributed by atoms with Crippen LogP contribution in [0.15, 0.2) is 36.4 Å². The molecule has 5 rings (SSSR count). The quantitative estimate of drug-likeness (QED) is 0.741. The van der Waals surface area contributed by atoms with Gasteiger partial charge in [-0.3, -0.25) is 14.6 Å². The number of hydrogen-bond acceptors (Lipinski definition) is 7. The minimum atomic E-state index is 0.236. The lowest BCUT2D eigenvalue weighted by atomic mass is 10.0. The molecule has 3 heterocycles. The second kappa shape index (κ2) is 7.93. The monoisotopic (exact) mass is 395 g/mol. The maximum Gasteiger partial charge on any atom is 0.231 e. The Morgan fingerprint density at radius 3 is 2.24 bits per heavy atom. The summed E-state index contributed by atoms with van der Waals surface area (Å²) in [5, 5.41) is 0. The first kappa shape index (κ1) is 18.3. The van der Waals surface area contributed by atoms with Gasteiger partial charge in [-0.1, -0.05) is 12.1 Å². The van der Waals surface area contributed by atoms with Crippen LogP contribution in [0.1, 0.15) is 11.1 Å². The van der Waals surface area contributed by atoms with Crippen molar-refractivity contribution in [3.8, 4) is 23.0 Å². The van der Waals surface area contributed by atoms with Gasteiger partial charge in [0, 0.05) is 32.2 Å². The van der Waals surface area contributed by atoms with Gasteiger partial charge in [0.15, 0.2) is 23.0 Å². The van der Waals surface area contributed by atoms with Crippen LogP contribution in [0.5, 0.6) is 23.0 Å². The first-order valence-corrected chi connectivity index (χ1v) is 9.87. The highest BCUT2D eigenvalue weighted by Crippen LogP contribution is 2.34. The van der Waals surface area contributed by atoms with E-state index in [1.54, 1.807) is 0 Å². The van der Waals surface area contributed by atoms with Crippen LogP contribution in [0.25, 0.3) is 0 Å². The highest BCUT2D eigenvalue weighted by Gasteiger charge is 2.28. The molecule has 0 amide bonds. The molecule has 2 aromatic carbocycles. The molecule has 0 bridgehead atoms. The molecule has 1 saturated heterocycles. The van der Waals surface area contributed by atoms with Crippen molar-refractivity contribution >= 4 is 6.29 Å². The summed E-state index contributed by atoms with van der Waals surface area (Å²) in [5.41, 5.74) is 2.38. The van der Waals surface area contributed by atoms with Gasteiger partial charge in [0.1, 0.15) is 0 Å². The second-order valence-electron chi connectivity index (χ2n) is 7.58. The Balaban J connectivity index is 1.28. The first-order valence-electron chi connectivity index (χ1n) is 9.87. The maximum absolute atomic E-state index is 11.1. The molecule has 0 N–H and O–H groups in total. The molecule has 1 unspecified atom stereocenters. The summed E-state index contributed by atoms with van der Waals surface area (Å²) >= 11 is 0. The van der Waals surface area contributed by atoms with Crippen molar-refractivity contribution in [3.63, 3.8) is 0 Å². The number of carbonyl (C=O) groups excluding carboxylic acids is 1. The van der Waals surface area contributed by atoms with E-state index in [1.807, 2.05) is 18.2 Å². The lowest BCUT2D eigenvalue weighted by molar-refractivity contribution is 0.0815. The van der Waals surface area contributed by atoms with Gasteiger partial charge in [-0.05, 0) is 41.8 Å². The van der Waals surface area contributed by atoms with Crippen molar-refractivity contribution in [2.24, 2.45) is 0 Å². The molecule has 7 heteroatoms. The summed E-state index contributed by atoms with van der Waals surface area (Å²) in [5.74, 6) is 3.21. The molecular weight excluding hydrogens is 372 g/mol. The fourth-order valence-electron chi connectivity index (χ4n) is 4.22. The lowest BCUT2D eigenvalue weighted by Gasteiger charge is -2.40. The molecule has 7 nitrogen and oxygen atoms in total. The van der Waals surface area contributed by atoms with Crippen molar-refractivity contribution in [2.45, 2.75) is 19.0 Å². The van der Waals surface area contributed by atoms with E-state index >= 15 is 0 Å². The fraction of sp³-hybridized carbons (Fsp3) is 0.409. The zero-order valence-electron chi connectivity index (χ0n) is 16.1. The highest BCUT2D eigenvalue weighted by molar-refractivity contribution is 5.53. The average Bonchev–Trinajstić information content (AvgIpc) is 3.38. The summed E-state index contributed by atoms with van der Waals surface area (Å²) in [7, 11) is 0. The van der Waals surface area contributed by atoms with E-state index < -0.39 is 0 Å². The molecule has 3 aliphatic rings. The van der Waals surface area contributed by atoms with Gasteiger partial charge in [-0.2, -0.15) is 0 Å². The third-order valence-corrected chi connectivity index (χ3v) is 5.71.